The molecule has 3 heteroatoms. The van der Waals surface area contributed by atoms with Crippen molar-refractivity contribution in [1.82, 2.24) is 0 Å². The van der Waals surface area contributed by atoms with Crippen molar-refractivity contribution < 1.29 is 15.3 Å². The molecule has 3 N–H and O–H groups in total. The van der Waals surface area contributed by atoms with Crippen LogP contribution in [0, 0.1) is 5.41 Å². The molecule has 0 saturated carbocycles. The first-order chi connectivity index (χ1) is 5.84. The monoisotopic (exact) mass is 186 g/mol. The lowest BCUT2D eigenvalue weighted by atomic mass is 9.80. The van der Waals surface area contributed by atoms with Gasteiger partial charge in [-0.15, -0.1) is 0 Å². The summed E-state index contributed by atoms with van der Waals surface area (Å²) in [5.41, 5.74) is 0.282. The Kier molecular flexibility index (Phi) is 2.80. The number of hydrogen-bond donors (Lipinski definition) is 3. The summed E-state index contributed by atoms with van der Waals surface area (Å²) in [5.74, 6) is 0. The van der Waals surface area contributed by atoms with Gasteiger partial charge < -0.3 is 15.3 Å². The Balaban J connectivity index is 2.93. The Bertz CT molecular complexity index is 220. The van der Waals surface area contributed by atoms with Crippen molar-refractivity contribution in [2.75, 3.05) is 0 Å². The average molecular weight is 186 g/mol. The van der Waals surface area contributed by atoms with E-state index in [1.54, 1.807) is 6.92 Å². The van der Waals surface area contributed by atoms with Crippen LogP contribution in [-0.2, 0) is 0 Å². The summed E-state index contributed by atoms with van der Waals surface area (Å²) in [4.78, 5) is 0. The van der Waals surface area contributed by atoms with Crippen molar-refractivity contribution in [2.45, 2.75) is 45.5 Å². The van der Waals surface area contributed by atoms with Crippen LogP contribution in [0.5, 0.6) is 0 Å². The van der Waals surface area contributed by atoms with E-state index in [1.165, 1.54) is 6.08 Å². The van der Waals surface area contributed by atoms with Crippen molar-refractivity contribution in [3.05, 3.63) is 11.6 Å². The summed E-state index contributed by atoms with van der Waals surface area (Å²) in [6.07, 6.45) is -0.217. The molecule has 0 aliphatic heterocycles. The second kappa shape index (κ2) is 3.40. The normalized spacial score (nSPS) is 39.5. The van der Waals surface area contributed by atoms with Crippen LogP contribution in [0.25, 0.3) is 0 Å². The third kappa shape index (κ3) is 2.10. The van der Waals surface area contributed by atoms with Crippen molar-refractivity contribution in [3.8, 4) is 0 Å². The maximum atomic E-state index is 9.72. The second-order valence-electron chi connectivity index (χ2n) is 4.55. The van der Waals surface area contributed by atoms with Gasteiger partial charge in [0.2, 0.25) is 0 Å². The van der Waals surface area contributed by atoms with Crippen molar-refractivity contribution in [3.63, 3.8) is 0 Å². The number of hydrogen-bond acceptors (Lipinski definition) is 3. The molecule has 0 aromatic rings. The first kappa shape index (κ1) is 10.7. The lowest BCUT2D eigenvalue weighted by Crippen LogP contribution is -2.38. The lowest BCUT2D eigenvalue weighted by molar-refractivity contribution is -0.0395. The minimum Gasteiger partial charge on any atom is -0.390 e. The zero-order chi connectivity index (χ0) is 10.2. The van der Waals surface area contributed by atoms with Gasteiger partial charge in [0.25, 0.3) is 0 Å². The fourth-order valence-corrected chi connectivity index (χ4v) is 1.71. The van der Waals surface area contributed by atoms with Crippen LogP contribution in [-0.4, -0.2) is 33.6 Å². The fraction of sp³-hybridized carbons (Fsp3) is 0.800. The third-order valence-electron chi connectivity index (χ3n) is 2.80. The maximum absolute atomic E-state index is 9.72. The summed E-state index contributed by atoms with van der Waals surface area (Å²) in [6, 6.07) is 0. The Labute approximate surface area is 78.7 Å². The molecule has 0 amide bonds. The molecule has 76 valence electrons. The van der Waals surface area contributed by atoms with Crippen LogP contribution < -0.4 is 0 Å². The molecule has 0 fully saturated rings. The molecule has 3 nitrogen and oxygen atoms in total. The number of aliphatic hydroxyl groups is 3. The van der Waals surface area contributed by atoms with Gasteiger partial charge in [-0.25, -0.2) is 0 Å². The molecule has 0 aromatic heterocycles. The Morgan fingerprint density at radius 2 is 1.85 bits per heavy atom. The van der Waals surface area contributed by atoms with Crippen molar-refractivity contribution in [1.29, 1.82) is 0 Å². The van der Waals surface area contributed by atoms with Gasteiger partial charge in [-0.1, -0.05) is 19.9 Å². The van der Waals surface area contributed by atoms with Gasteiger partial charge in [-0.3, -0.25) is 0 Å². The Morgan fingerprint density at radius 1 is 1.31 bits per heavy atom. The van der Waals surface area contributed by atoms with Gasteiger partial charge >= 0.3 is 0 Å². The maximum Gasteiger partial charge on any atom is 0.0988 e. The van der Waals surface area contributed by atoms with E-state index in [-0.39, 0.29) is 0 Å². The van der Waals surface area contributed by atoms with Gasteiger partial charge in [-0.05, 0) is 24.3 Å². The van der Waals surface area contributed by atoms with Crippen molar-refractivity contribution in [2.24, 2.45) is 5.41 Å². The lowest BCUT2D eigenvalue weighted by Gasteiger charge is -2.31. The smallest absolute Gasteiger partial charge is 0.0988 e. The zero-order valence-electron chi connectivity index (χ0n) is 8.36. The van der Waals surface area contributed by atoms with Crippen LogP contribution in [0.4, 0.5) is 0 Å². The molecule has 0 spiro atoms. The molecule has 0 heterocycles. The van der Waals surface area contributed by atoms with E-state index in [9.17, 15) is 15.3 Å². The molecule has 0 saturated heterocycles. The standard InChI is InChI=1S/C10H18O3/c1-6-4-7(11)9(13)10(2,3)5-8(6)12/h4,7-9,11-13H,5H2,1-3H3. The number of rotatable bonds is 0. The summed E-state index contributed by atoms with van der Waals surface area (Å²) in [5, 5.41) is 28.9. The zero-order valence-corrected chi connectivity index (χ0v) is 8.36. The molecule has 1 aliphatic carbocycles. The molecular weight excluding hydrogens is 168 g/mol. The summed E-state index contributed by atoms with van der Waals surface area (Å²) in [7, 11) is 0. The van der Waals surface area contributed by atoms with Gasteiger partial charge in [0.05, 0.1) is 18.3 Å². The molecule has 0 bridgehead atoms. The van der Waals surface area contributed by atoms with E-state index < -0.39 is 23.7 Å². The first-order valence-electron chi connectivity index (χ1n) is 4.57. The van der Waals surface area contributed by atoms with Crippen LogP contribution in [0.15, 0.2) is 11.6 Å². The molecule has 1 aliphatic rings. The quantitative estimate of drug-likeness (QED) is 0.481. The summed E-state index contributed by atoms with van der Waals surface area (Å²) < 4.78 is 0. The Morgan fingerprint density at radius 3 is 2.38 bits per heavy atom. The molecule has 1 rings (SSSR count). The molecule has 13 heavy (non-hydrogen) atoms. The van der Waals surface area contributed by atoms with Gasteiger partial charge in [0.1, 0.15) is 0 Å². The largest absolute Gasteiger partial charge is 0.390 e. The van der Waals surface area contributed by atoms with E-state index >= 15 is 0 Å². The van der Waals surface area contributed by atoms with E-state index in [1.807, 2.05) is 13.8 Å². The van der Waals surface area contributed by atoms with Crippen LogP contribution in [0.2, 0.25) is 0 Å². The predicted molar refractivity (Wildman–Crippen MR) is 50.2 cm³/mol. The van der Waals surface area contributed by atoms with Gasteiger partial charge in [-0.2, -0.15) is 0 Å². The van der Waals surface area contributed by atoms with Gasteiger partial charge in [0, 0.05) is 0 Å². The molecular formula is C10H18O3. The molecule has 0 aromatic carbocycles. The average Bonchev–Trinajstić information content (AvgIpc) is 2.05. The first-order valence-corrected chi connectivity index (χ1v) is 4.57. The number of aliphatic hydroxyl groups excluding tert-OH is 3. The Hall–Kier alpha value is -0.380. The van der Waals surface area contributed by atoms with Crippen LogP contribution >= 0.6 is 0 Å². The highest BCUT2D eigenvalue weighted by Gasteiger charge is 2.37. The van der Waals surface area contributed by atoms with E-state index in [4.69, 9.17) is 0 Å². The van der Waals surface area contributed by atoms with E-state index in [2.05, 4.69) is 0 Å². The molecule has 3 atom stereocenters. The minimum absolute atomic E-state index is 0.451. The van der Waals surface area contributed by atoms with E-state index in [0.717, 1.165) is 5.57 Å². The topological polar surface area (TPSA) is 60.7 Å². The minimum atomic E-state index is -0.868. The summed E-state index contributed by atoms with van der Waals surface area (Å²) in [6.45, 7) is 5.45. The highest BCUT2D eigenvalue weighted by molar-refractivity contribution is 5.14. The van der Waals surface area contributed by atoms with E-state index in [0.29, 0.717) is 6.42 Å². The third-order valence-corrected chi connectivity index (χ3v) is 2.80. The second-order valence-corrected chi connectivity index (χ2v) is 4.55. The fourth-order valence-electron chi connectivity index (χ4n) is 1.71. The van der Waals surface area contributed by atoms with Crippen molar-refractivity contribution >= 4 is 0 Å². The van der Waals surface area contributed by atoms with Crippen LogP contribution in [0.1, 0.15) is 27.2 Å². The predicted octanol–water partition coefficient (Wildman–Crippen LogP) is 0.445. The highest BCUT2D eigenvalue weighted by Crippen LogP contribution is 2.34. The van der Waals surface area contributed by atoms with Crippen LogP contribution in [0.3, 0.4) is 0 Å². The summed E-state index contributed by atoms with van der Waals surface area (Å²) >= 11 is 0. The SMILES string of the molecule is CC1=CC(O)C(O)C(C)(C)CC1O. The molecule has 3 unspecified atom stereocenters. The highest BCUT2D eigenvalue weighted by atomic mass is 16.3. The molecule has 0 radical (unpaired) electrons. The van der Waals surface area contributed by atoms with Gasteiger partial charge in [0.15, 0.2) is 0 Å².